The molecule has 2 heterocycles. The fraction of sp³-hybridized carbons (Fsp3) is 0.333. The summed E-state index contributed by atoms with van der Waals surface area (Å²) in [6.45, 7) is 2.01. The number of hydrogen-bond donors (Lipinski definition) is 2. The van der Waals surface area contributed by atoms with Gasteiger partial charge in [0, 0.05) is 0 Å². The molecular formula is C12H13N4O3. The molecule has 1 saturated heterocycles. The minimum atomic E-state index is -0.720. The zero-order valence-corrected chi connectivity index (χ0v) is 10.3. The van der Waals surface area contributed by atoms with E-state index in [1.807, 2.05) is 4.90 Å². The van der Waals surface area contributed by atoms with Crippen LogP contribution < -0.4 is 20.8 Å². The molecule has 3 N–H and O–H groups in total. The van der Waals surface area contributed by atoms with Crippen molar-refractivity contribution in [3.8, 4) is 5.75 Å². The molecule has 1 fully saturated rings. The van der Waals surface area contributed by atoms with Gasteiger partial charge in [-0.05, 0) is 25.1 Å². The molecule has 7 heteroatoms. The van der Waals surface area contributed by atoms with E-state index in [9.17, 15) is 9.59 Å². The van der Waals surface area contributed by atoms with Crippen LogP contribution in [-0.4, -0.2) is 35.8 Å². The number of nitrogens with zero attached hydrogens (tertiary/aromatic N) is 2. The number of hydrogen-bond acceptors (Lipinski definition) is 4. The van der Waals surface area contributed by atoms with E-state index in [1.54, 1.807) is 25.1 Å². The lowest BCUT2D eigenvalue weighted by Gasteiger charge is -2.49. The normalized spacial score (nSPS) is 25.0. The van der Waals surface area contributed by atoms with E-state index in [-0.39, 0.29) is 12.5 Å². The Kier molecular flexibility index (Phi) is 2.48. The van der Waals surface area contributed by atoms with Gasteiger partial charge in [-0.1, -0.05) is 6.07 Å². The topological polar surface area (TPSA) is 87.9 Å². The lowest BCUT2D eigenvalue weighted by molar-refractivity contribution is -0.130. The zero-order valence-electron chi connectivity index (χ0n) is 10.3. The van der Waals surface area contributed by atoms with Gasteiger partial charge in [0.1, 0.15) is 18.4 Å². The minimum absolute atomic E-state index is 0.241. The van der Waals surface area contributed by atoms with E-state index in [0.717, 1.165) is 10.7 Å². The predicted molar refractivity (Wildman–Crippen MR) is 66.1 cm³/mol. The van der Waals surface area contributed by atoms with Gasteiger partial charge >= 0.3 is 6.03 Å². The third kappa shape index (κ3) is 1.66. The molecule has 99 valence electrons. The highest BCUT2D eigenvalue weighted by Crippen LogP contribution is 2.36. The number of amides is 3. The van der Waals surface area contributed by atoms with Gasteiger partial charge in [-0.25, -0.2) is 9.80 Å². The number of anilines is 1. The lowest BCUT2D eigenvalue weighted by Crippen LogP contribution is -2.72. The number of rotatable bonds is 0. The summed E-state index contributed by atoms with van der Waals surface area (Å²) in [7, 11) is 0. The van der Waals surface area contributed by atoms with Crippen molar-refractivity contribution in [2.45, 2.75) is 19.1 Å². The first-order valence-electron chi connectivity index (χ1n) is 5.90. The van der Waals surface area contributed by atoms with Gasteiger partial charge in [-0.2, -0.15) is 0 Å². The van der Waals surface area contributed by atoms with Crippen LogP contribution in [0.4, 0.5) is 10.5 Å². The summed E-state index contributed by atoms with van der Waals surface area (Å²) in [5.74, 6) is 0.382. The number of ether oxygens (including phenoxy) is 1. The van der Waals surface area contributed by atoms with Gasteiger partial charge < -0.3 is 15.4 Å². The predicted octanol–water partition coefficient (Wildman–Crippen LogP) is -0.174. The van der Waals surface area contributed by atoms with E-state index in [2.05, 4.69) is 11.5 Å². The molecule has 3 amide bonds. The highest BCUT2D eigenvalue weighted by molar-refractivity contribution is 5.90. The molecule has 1 radical (unpaired) electrons. The molecule has 3 rings (SSSR count). The van der Waals surface area contributed by atoms with Crippen molar-refractivity contribution in [2.75, 3.05) is 11.5 Å². The maximum absolute atomic E-state index is 11.9. The number of benzene rings is 1. The summed E-state index contributed by atoms with van der Waals surface area (Å²) >= 11 is 0. The van der Waals surface area contributed by atoms with Crippen molar-refractivity contribution in [3.05, 3.63) is 24.3 Å². The summed E-state index contributed by atoms with van der Waals surface area (Å²) in [5.41, 5.74) is 8.50. The second-order valence-electron chi connectivity index (χ2n) is 4.45. The summed E-state index contributed by atoms with van der Waals surface area (Å²) in [4.78, 5) is 25.2. The van der Waals surface area contributed by atoms with Gasteiger partial charge in [-0.3, -0.25) is 10.2 Å². The van der Waals surface area contributed by atoms with Crippen molar-refractivity contribution >= 4 is 17.6 Å². The molecule has 19 heavy (non-hydrogen) atoms. The van der Waals surface area contributed by atoms with Crippen molar-refractivity contribution in [1.29, 1.82) is 0 Å². The maximum atomic E-state index is 11.9. The van der Waals surface area contributed by atoms with Crippen LogP contribution in [0, 0.1) is 6.07 Å². The first-order chi connectivity index (χ1) is 9.09. The number of nitrogens with one attached hydrogen (secondary N) is 1. The van der Waals surface area contributed by atoms with E-state index in [0.29, 0.717) is 5.75 Å². The van der Waals surface area contributed by atoms with E-state index in [1.165, 1.54) is 0 Å². The number of fused-ring (bicyclic) bond motifs is 3. The molecule has 0 aliphatic carbocycles. The van der Waals surface area contributed by atoms with Gasteiger partial charge in [0.25, 0.3) is 5.91 Å². The highest BCUT2D eigenvalue weighted by Gasteiger charge is 2.43. The van der Waals surface area contributed by atoms with E-state index in [4.69, 9.17) is 10.5 Å². The Hall–Kier alpha value is -2.44. The Labute approximate surface area is 109 Å². The van der Waals surface area contributed by atoms with Crippen molar-refractivity contribution < 1.29 is 14.3 Å². The van der Waals surface area contributed by atoms with Crippen LogP contribution in [0.15, 0.2) is 18.2 Å². The highest BCUT2D eigenvalue weighted by atomic mass is 16.5. The molecule has 1 unspecified atom stereocenters. The third-order valence-electron chi connectivity index (χ3n) is 3.35. The number of nitrogens with two attached hydrogens (primary N) is 1. The number of urea groups is 1. The number of primary amides is 1. The van der Waals surface area contributed by atoms with E-state index >= 15 is 0 Å². The van der Waals surface area contributed by atoms with Crippen LogP contribution >= 0.6 is 0 Å². The first-order valence-corrected chi connectivity index (χ1v) is 5.90. The fourth-order valence-corrected chi connectivity index (χ4v) is 2.42. The van der Waals surface area contributed by atoms with Crippen molar-refractivity contribution in [2.24, 2.45) is 5.73 Å². The molecule has 7 nitrogen and oxygen atoms in total. The summed E-state index contributed by atoms with van der Waals surface area (Å²) in [6.07, 6.45) is -0.450. The Balaban J connectivity index is 2.06. The van der Waals surface area contributed by atoms with Crippen LogP contribution in [0.1, 0.15) is 6.92 Å². The summed E-state index contributed by atoms with van der Waals surface area (Å²) in [5, 5.41) is 1.10. The standard InChI is InChI=1S/C12H13N4O3/c1-7-11(17)14-16(12(13)18)10-6-19-9-5-3-2-4-8(9)15(7)10/h3-5,7,10H,6H2,1H3,(H2,13,18)(H,14,17)/t7-,10?/m0/s1. The molecular weight excluding hydrogens is 248 g/mol. The molecule has 2 atom stereocenters. The average molecular weight is 261 g/mol. The Bertz CT molecular complexity index is 548. The SMILES string of the molecule is C[C@H]1C(=O)NN(C(N)=O)C2COc3cc[c]cc3N21. The smallest absolute Gasteiger partial charge is 0.335 e. The first kappa shape index (κ1) is 11.6. The molecule has 2 aliphatic rings. The fourth-order valence-electron chi connectivity index (χ4n) is 2.42. The minimum Gasteiger partial charge on any atom is -0.487 e. The van der Waals surface area contributed by atoms with Gasteiger partial charge in [0.15, 0.2) is 6.17 Å². The monoisotopic (exact) mass is 261 g/mol. The Morgan fingerprint density at radius 2 is 2.42 bits per heavy atom. The van der Waals surface area contributed by atoms with Crippen LogP contribution in [0.3, 0.4) is 0 Å². The van der Waals surface area contributed by atoms with Gasteiger partial charge in [-0.15, -0.1) is 0 Å². The van der Waals surface area contributed by atoms with Crippen LogP contribution in [0.2, 0.25) is 0 Å². The van der Waals surface area contributed by atoms with Crippen LogP contribution in [0.5, 0.6) is 5.75 Å². The van der Waals surface area contributed by atoms with E-state index < -0.39 is 18.2 Å². The summed E-state index contributed by atoms with van der Waals surface area (Å²) in [6, 6.07) is 7.05. The quantitative estimate of drug-likeness (QED) is 0.678. The molecule has 1 aromatic rings. The molecule has 0 spiro atoms. The number of carbonyl (C=O) groups is 2. The van der Waals surface area contributed by atoms with Gasteiger partial charge in [0.2, 0.25) is 0 Å². The molecule has 2 aliphatic heterocycles. The third-order valence-corrected chi connectivity index (χ3v) is 3.35. The van der Waals surface area contributed by atoms with Crippen LogP contribution in [-0.2, 0) is 4.79 Å². The van der Waals surface area contributed by atoms with Gasteiger partial charge in [0.05, 0.1) is 5.69 Å². The lowest BCUT2D eigenvalue weighted by atomic mass is 10.1. The number of hydrazine groups is 1. The molecule has 0 saturated carbocycles. The zero-order chi connectivity index (χ0) is 13.6. The Morgan fingerprint density at radius 3 is 3.16 bits per heavy atom. The molecule has 1 aromatic carbocycles. The summed E-state index contributed by atoms with van der Waals surface area (Å²) < 4.78 is 5.59. The second kappa shape index (κ2) is 4.04. The largest absolute Gasteiger partial charge is 0.487 e. The number of carbonyl (C=O) groups excluding carboxylic acids is 2. The second-order valence-corrected chi connectivity index (χ2v) is 4.45. The Morgan fingerprint density at radius 1 is 1.63 bits per heavy atom. The average Bonchev–Trinajstić information content (AvgIpc) is 2.41. The maximum Gasteiger partial charge on any atom is 0.335 e. The van der Waals surface area contributed by atoms with Crippen molar-refractivity contribution in [1.82, 2.24) is 10.4 Å². The molecule has 0 bridgehead atoms. The molecule has 0 aromatic heterocycles. The van der Waals surface area contributed by atoms with Crippen LogP contribution in [0.25, 0.3) is 0 Å². The van der Waals surface area contributed by atoms with Crippen molar-refractivity contribution in [3.63, 3.8) is 0 Å².